The second-order valence-electron chi connectivity index (χ2n) is 7.68. The molecule has 2 aromatic heterocycles. The van der Waals surface area contributed by atoms with Crippen molar-refractivity contribution in [1.82, 2.24) is 40.6 Å². The van der Waals surface area contributed by atoms with E-state index in [-0.39, 0.29) is 28.3 Å². The summed E-state index contributed by atoms with van der Waals surface area (Å²) in [4.78, 5) is 7.73. The summed E-state index contributed by atoms with van der Waals surface area (Å²) >= 11 is 1.23. The number of hydrogen-bond acceptors (Lipinski definition) is 10. The van der Waals surface area contributed by atoms with Gasteiger partial charge in [-0.05, 0) is 54.2 Å². The Balaban J connectivity index is 1.70. The number of H-pyrrole nitrogens is 2. The lowest BCUT2D eigenvalue weighted by molar-refractivity contribution is 0.441. The number of para-hydroxylation sites is 1. The molecule has 4 aromatic rings. The minimum Gasteiger partial charge on any atom is -0.369 e. The number of aromatic amines is 2. The molecule has 3 heterocycles. The van der Waals surface area contributed by atoms with Gasteiger partial charge in [-0.3, -0.25) is 4.72 Å². The van der Waals surface area contributed by atoms with Gasteiger partial charge in [-0.2, -0.15) is 5.21 Å². The molecule has 1 atom stereocenters. The van der Waals surface area contributed by atoms with Crippen LogP contribution in [0.2, 0.25) is 0 Å². The van der Waals surface area contributed by atoms with E-state index < -0.39 is 10.0 Å². The van der Waals surface area contributed by atoms with E-state index in [1.807, 2.05) is 24.3 Å². The molecule has 2 aromatic carbocycles. The first kappa shape index (κ1) is 21.8. The molecule has 12 nitrogen and oxygen atoms in total. The summed E-state index contributed by atoms with van der Waals surface area (Å²) in [5.74, 6) is 0.360. The second kappa shape index (κ2) is 8.72. The highest BCUT2D eigenvalue weighted by atomic mass is 32.2. The van der Waals surface area contributed by atoms with Crippen molar-refractivity contribution < 1.29 is 8.42 Å². The molecule has 0 spiro atoms. The number of rotatable bonds is 6. The lowest BCUT2D eigenvalue weighted by Crippen LogP contribution is -2.40. The van der Waals surface area contributed by atoms with Crippen LogP contribution in [0.25, 0.3) is 33.5 Å². The van der Waals surface area contributed by atoms with E-state index in [4.69, 9.17) is 10.9 Å². The van der Waals surface area contributed by atoms with Crippen molar-refractivity contribution in [3.05, 3.63) is 30.3 Å². The summed E-state index contributed by atoms with van der Waals surface area (Å²) in [7, 11) is -4.17. The Bertz CT molecular complexity index is 1400. The summed E-state index contributed by atoms with van der Waals surface area (Å²) in [5, 5.41) is 23.2. The second-order valence-corrected chi connectivity index (χ2v) is 10.1. The maximum absolute atomic E-state index is 12.9. The van der Waals surface area contributed by atoms with Crippen molar-refractivity contribution in [2.45, 2.75) is 28.7 Å². The Kier molecular flexibility index (Phi) is 5.76. The molecular weight excluding hydrogens is 464 g/mol. The number of nitrogen functional groups attached to an aromatic ring is 1. The molecule has 172 valence electrons. The van der Waals surface area contributed by atoms with Crippen molar-refractivity contribution in [2.75, 3.05) is 18.8 Å². The normalized spacial score (nSPS) is 16.9. The maximum Gasteiger partial charge on any atom is 0.239 e. The quantitative estimate of drug-likeness (QED) is 0.214. The van der Waals surface area contributed by atoms with Crippen molar-refractivity contribution in [2.24, 2.45) is 5.14 Å². The van der Waals surface area contributed by atoms with Gasteiger partial charge in [0, 0.05) is 23.0 Å². The van der Waals surface area contributed by atoms with Gasteiger partial charge in [0.05, 0.1) is 16.6 Å². The highest BCUT2D eigenvalue weighted by Gasteiger charge is 2.28. The van der Waals surface area contributed by atoms with Crippen LogP contribution in [-0.4, -0.2) is 58.1 Å². The number of piperidine rings is 1. The van der Waals surface area contributed by atoms with Gasteiger partial charge >= 0.3 is 0 Å². The Labute approximate surface area is 193 Å². The number of anilines is 1. The molecule has 0 amide bonds. The average Bonchev–Trinajstić information content (AvgIpc) is 3.46. The molecule has 1 saturated heterocycles. The van der Waals surface area contributed by atoms with E-state index in [2.05, 4.69) is 40.6 Å². The number of imidazole rings is 1. The first-order valence-corrected chi connectivity index (χ1v) is 12.6. The number of hydrogen-bond donors (Lipinski definition) is 6. The minimum absolute atomic E-state index is 0.0804. The zero-order valence-electron chi connectivity index (χ0n) is 17.4. The van der Waals surface area contributed by atoms with Crippen LogP contribution in [0.15, 0.2) is 40.1 Å². The highest BCUT2D eigenvalue weighted by molar-refractivity contribution is 7.98. The number of primary sulfonamides is 1. The van der Waals surface area contributed by atoms with Crippen LogP contribution in [0.5, 0.6) is 0 Å². The number of benzene rings is 2. The van der Waals surface area contributed by atoms with E-state index in [0.717, 1.165) is 25.9 Å². The van der Waals surface area contributed by atoms with Crippen LogP contribution in [0.1, 0.15) is 12.8 Å². The van der Waals surface area contributed by atoms with Gasteiger partial charge in [0.1, 0.15) is 4.90 Å². The summed E-state index contributed by atoms with van der Waals surface area (Å²) in [6.45, 7) is 1.78. The fourth-order valence-corrected chi connectivity index (χ4v) is 6.14. The zero-order valence-corrected chi connectivity index (χ0v) is 19.0. The number of nitrogens with one attached hydrogen (secondary N) is 4. The zero-order chi connectivity index (χ0) is 23.0. The van der Waals surface area contributed by atoms with Gasteiger partial charge in [-0.1, -0.05) is 18.2 Å². The molecular formula is C19H22N10O2S2. The minimum atomic E-state index is -4.17. The SMILES string of the molecule is Nc1nc2c(-c3ccc(SNC4CCCNC4)c(S(N)(=O)=O)c3-c3nn[nH]n3)cccc2[nH]1. The molecule has 0 bridgehead atoms. The summed E-state index contributed by atoms with van der Waals surface area (Å²) in [6, 6.07) is 9.22. The average molecular weight is 487 g/mol. The van der Waals surface area contributed by atoms with Crippen molar-refractivity contribution in [3.63, 3.8) is 0 Å². The van der Waals surface area contributed by atoms with Gasteiger partial charge in [0.15, 0.2) is 5.95 Å². The Hall–Kier alpha value is -3.04. The molecule has 0 saturated carbocycles. The van der Waals surface area contributed by atoms with Gasteiger partial charge in [0.2, 0.25) is 15.8 Å². The number of nitrogens with zero attached hydrogens (tertiary/aromatic N) is 4. The highest BCUT2D eigenvalue weighted by Crippen LogP contribution is 2.41. The summed E-state index contributed by atoms with van der Waals surface area (Å²) < 4.78 is 29.1. The third-order valence-electron chi connectivity index (χ3n) is 5.43. The topological polar surface area (TPSA) is 193 Å². The number of aromatic nitrogens is 6. The number of fused-ring (bicyclic) bond motifs is 1. The summed E-state index contributed by atoms with van der Waals surface area (Å²) in [6.07, 6.45) is 2.03. The lowest BCUT2D eigenvalue weighted by atomic mass is 9.98. The van der Waals surface area contributed by atoms with Crippen LogP contribution in [0.4, 0.5) is 5.95 Å². The largest absolute Gasteiger partial charge is 0.369 e. The van der Waals surface area contributed by atoms with Crippen LogP contribution in [0.3, 0.4) is 0 Å². The summed E-state index contributed by atoms with van der Waals surface area (Å²) in [5.41, 5.74) is 8.61. The molecule has 8 N–H and O–H groups in total. The molecule has 33 heavy (non-hydrogen) atoms. The van der Waals surface area contributed by atoms with Crippen molar-refractivity contribution >= 4 is 39.0 Å². The van der Waals surface area contributed by atoms with E-state index in [9.17, 15) is 8.42 Å². The third-order valence-corrected chi connectivity index (χ3v) is 7.56. The van der Waals surface area contributed by atoms with E-state index in [1.165, 1.54) is 11.9 Å². The van der Waals surface area contributed by atoms with E-state index >= 15 is 0 Å². The molecule has 14 heteroatoms. The fraction of sp³-hybridized carbons (Fsp3) is 0.263. The number of nitrogens with two attached hydrogens (primary N) is 2. The molecule has 0 radical (unpaired) electrons. The molecule has 1 fully saturated rings. The van der Waals surface area contributed by atoms with Crippen LogP contribution in [0, 0.1) is 0 Å². The number of tetrazole rings is 1. The fourth-order valence-electron chi connectivity index (χ4n) is 4.01. The Morgan fingerprint density at radius 1 is 1.18 bits per heavy atom. The molecule has 1 unspecified atom stereocenters. The van der Waals surface area contributed by atoms with Gasteiger partial charge in [-0.25, -0.2) is 18.5 Å². The maximum atomic E-state index is 12.9. The first-order valence-electron chi connectivity index (χ1n) is 10.2. The van der Waals surface area contributed by atoms with Gasteiger partial charge < -0.3 is 16.0 Å². The number of sulfonamides is 1. The van der Waals surface area contributed by atoms with Gasteiger partial charge in [-0.15, -0.1) is 10.2 Å². The Morgan fingerprint density at radius 2 is 2.06 bits per heavy atom. The lowest BCUT2D eigenvalue weighted by Gasteiger charge is -2.24. The monoisotopic (exact) mass is 486 g/mol. The van der Waals surface area contributed by atoms with Crippen LogP contribution in [-0.2, 0) is 10.0 Å². The van der Waals surface area contributed by atoms with Gasteiger partial charge in [0.25, 0.3) is 0 Å². The molecule has 1 aliphatic rings. The molecule has 1 aliphatic heterocycles. The smallest absolute Gasteiger partial charge is 0.239 e. The van der Waals surface area contributed by atoms with Crippen LogP contribution < -0.4 is 20.9 Å². The van der Waals surface area contributed by atoms with E-state index in [1.54, 1.807) is 6.07 Å². The molecule has 5 rings (SSSR count). The first-order chi connectivity index (χ1) is 15.9. The predicted octanol–water partition coefficient (Wildman–Crippen LogP) is 0.988. The molecule has 0 aliphatic carbocycles. The van der Waals surface area contributed by atoms with E-state index in [0.29, 0.717) is 27.1 Å². The third kappa shape index (κ3) is 4.30. The van der Waals surface area contributed by atoms with Crippen molar-refractivity contribution in [1.29, 1.82) is 0 Å². The van der Waals surface area contributed by atoms with Crippen LogP contribution >= 0.6 is 11.9 Å². The standard InChI is InChI=1S/C19H22N10O2S2/c20-19-23-13-5-1-4-12(16(13)24-19)11-6-7-14(32-27-10-3-2-8-22-9-10)17(33(21,30)31)15(11)18-25-28-29-26-18/h1,4-7,10,22,27H,2-3,8-9H2,(H3,20,23,24)(H2,21,30,31)(H,25,26,28,29). The predicted molar refractivity (Wildman–Crippen MR) is 125 cm³/mol. The Morgan fingerprint density at radius 3 is 2.79 bits per heavy atom. The van der Waals surface area contributed by atoms with Crippen molar-refractivity contribution in [3.8, 4) is 22.5 Å².